The number of aromatic nitrogens is 4. The zero-order valence-electron chi connectivity index (χ0n) is 15.9. The minimum absolute atomic E-state index is 0.187. The number of aromatic amines is 1. The van der Waals surface area contributed by atoms with Gasteiger partial charge in [-0.3, -0.25) is 4.79 Å². The normalized spacial score (nSPS) is 11.1. The molecule has 4 aromatic rings. The fraction of sp³-hybridized carbons (Fsp3) is 0.190. The summed E-state index contributed by atoms with van der Waals surface area (Å²) in [6.07, 6.45) is 1.55. The van der Waals surface area contributed by atoms with E-state index in [9.17, 15) is 4.79 Å². The minimum Gasteiger partial charge on any atom is -0.497 e. The highest BCUT2D eigenvalue weighted by Crippen LogP contribution is 2.24. The number of fused-ring (bicyclic) bond motifs is 1. The predicted octanol–water partition coefficient (Wildman–Crippen LogP) is 4.03. The first kappa shape index (κ1) is 18.3. The molecule has 2 aromatic carbocycles. The largest absolute Gasteiger partial charge is 0.497 e. The molecule has 0 aliphatic rings. The highest BCUT2D eigenvalue weighted by molar-refractivity contribution is 7.98. The summed E-state index contributed by atoms with van der Waals surface area (Å²) in [6, 6.07) is 13.9. The second kappa shape index (κ2) is 7.52. The first-order valence-corrected chi connectivity index (χ1v) is 9.85. The molecular formula is C21H20N4O2S. The van der Waals surface area contributed by atoms with Crippen LogP contribution in [0.3, 0.4) is 0 Å². The Hall–Kier alpha value is -3.06. The molecule has 2 aromatic heterocycles. The number of hydrogen-bond acceptors (Lipinski definition) is 5. The van der Waals surface area contributed by atoms with Gasteiger partial charge < -0.3 is 9.72 Å². The number of benzene rings is 2. The van der Waals surface area contributed by atoms with Gasteiger partial charge >= 0.3 is 0 Å². The maximum absolute atomic E-state index is 12.5. The molecule has 0 unspecified atom stereocenters. The van der Waals surface area contributed by atoms with E-state index in [4.69, 9.17) is 4.74 Å². The topological polar surface area (TPSA) is 72.8 Å². The van der Waals surface area contributed by atoms with Gasteiger partial charge in [-0.15, -0.1) is 0 Å². The molecule has 0 aliphatic heterocycles. The van der Waals surface area contributed by atoms with Crippen molar-refractivity contribution >= 4 is 22.8 Å². The molecule has 28 heavy (non-hydrogen) atoms. The van der Waals surface area contributed by atoms with E-state index in [0.29, 0.717) is 16.2 Å². The van der Waals surface area contributed by atoms with Crippen LogP contribution in [0, 0.1) is 13.8 Å². The highest BCUT2D eigenvalue weighted by atomic mass is 32.2. The van der Waals surface area contributed by atoms with Crippen LogP contribution in [0.5, 0.6) is 5.75 Å². The Morgan fingerprint density at radius 1 is 1.14 bits per heavy atom. The van der Waals surface area contributed by atoms with Crippen molar-refractivity contribution in [2.45, 2.75) is 24.8 Å². The first-order valence-electron chi connectivity index (χ1n) is 8.86. The number of H-pyrrole nitrogens is 1. The van der Waals surface area contributed by atoms with E-state index < -0.39 is 0 Å². The Kier molecular flexibility index (Phi) is 4.92. The van der Waals surface area contributed by atoms with Crippen molar-refractivity contribution in [2.24, 2.45) is 0 Å². The average molecular weight is 392 g/mol. The van der Waals surface area contributed by atoms with Crippen molar-refractivity contribution in [3.63, 3.8) is 0 Å². The molecule has 0 saturated heterocycles. The lowest BCUT2D eigenvalue weighted by Gasteiger charge is -2.08. The van der Waals surface area contributed by atoms with Gasteiger partial charge in [-0.25, -0.2) is 9.67 Å². The number of nitrogens with zero attached hydrogens (tertiary/aromatic N) is 3. The van der Waals surface area contributed by atoms with E-state index in [1.54, 1.807) is 18.0 Å². The van der Waals surface area contributed by atoms with Crippen LogP contribution in [0.1, 0.15) is 16.7 Å². The van der Waals surface area contributed by atoms with Crippen LogP contribution in [-0.4, -0.2) is 26.9 Å². The van der Waals surface area contributed by atoms with Crippen LogP contribution in [0.4, 0.5) is 0 Å². The SMILES string of the molecule is COc1ccc(-n2ncc3c(=O)[nH]c(SCc4cc(C)ccc4C)nc32)cc1. The third-order valence-electron chi connectivity index (χ3n) is 4.60. The van der Waals surface area contributed by atoms with Crippen molar-refractivity contribution in [1.29, 1.82) is 0 Å². The Balaban J connectivity index is 1.68. The summed E-state index contributed by atoms with van der Waals surface area (Å²) < 4.78 is 6.87. The van der Waals surface area contributed by atoms with Crippen molar-refractivity contribution in [1.82, 2.24) is 19.7 Å². The van der Waals surface area contributed by atoms with Gasteiger partial charge in [0, 0.05) is 5.75 Å². The third kappa shape index (κ3) is 3.53. The zero-order valence-corrected chi connectivity index (χ0v) is 16.7. The Labute approximate surface area is 166 Å². The van der Waals surface area contributed by atoms with Crippen LogP contribution < -0.4 is 10.3 Å². The summed E-state index contributed by atoms with van der Waals surface area (Å²) in [6.45, 7) is 4.17. The lowest BCUT2D eigenvalue weighted by atomic mass is 10.1. The molecule has 0 amide bonds. The van der Waals surface area contributed by atoms with E-state index in [2.05, 4.69) is 47.1 Å². The average Bonchev–Trinajstić information content (AvgIpc) is 3.13. The molecule has 0 aliphatic carbocycles. The Bertz CT molecular complexity index is 1200. The molecule has 0 spiro atoms. The maximum Gasteiger partial charge on any atom is 0.262 e. The second-order valence-corrected chi connectivity index (χ2v) is 7.55. The van der Waals surface area contributed by atoms with Gasteiger partial charge in [-0.1, -0.05) is 35.5 Å². The Morgan fingerprint density at radius 2 is 1.93 bits per heavy atom. The maximum atomic E-state index is 12.5. The van der Waals surface area contributed by atoms with Crippen molar-refractivity contribution in [3.8, 4) is 11.4 Å². The molecule has 142 valence electrons. The smallest absolute Gasteiger partial charge is 0.262 e. The van der Waals surface area contributed by atoms with E-state index in [-0.39, 0.29) is 5.56 Å². The molecule has 0 fully saturated rings. The summed E-state index contributed by atoms with van der Waals surface area (Å²) in [5, 5.41) is 5.39. The lowest BCUT2D eigenvalue weighted by Crippen LogP contribution is -2.09. The van der Waals surface area contributed by atoms with Crippen LogP contribution >= 0.6 is 11.8 Å². The van der Waals surface area contributed by atoms with E-state index in [1.807, 2.05) is 24.3 Å². The van der Waals surface area contributed by atoms with Crippen LogP contribution in [0.25, 0.3) is 16.7 Å². The molecule has 2 heterocycles. The molecule has 7 heteroatoms. The number of aryl methyl sites for hydroxylation is 2. The zero-order chi connectivity index (χ0) is 19.7. The number of methoxy groups -OCH3 is 1. The monoisotopic (exact) mass is 392 g/mol. The third-order valence-corrected chi connectivity index (χ3v) is 5.52. The van der Waals surface area contributed by atoms with E-state index >= 15 is 0 Å². The number of ether oxygens (including phenoxy) is 1. The first-order chi connectivity index (χ1) is 13.5. The molecular weight excluding hydrogens is 372 g/mol. The minimum atomic E-state index is -0.187. The van der Waals surface area contributed by atoms with Crippen LogP contribution in [-0.2, 0) is 5.75 Å². The quantitative estimate of drug-likeness (QED) is 0.410. The van der Waals surface area contributed by atoms with E-state index in [1.165, 1.54) is 28.5 Å². The lowest BCUT2D eigenvalue weighted by molar-refractivity contribution is 0.414. The molecule has 0 radical (unpaired) electrons. The number of thioether (sulfide) groups is 1. The molecule has 0 bridgehead atoms. The number of nitrogens with one attached hydrogen (secondary N) is 1. The predicted molar refractivity (Wildman–Crippen MR) is 112 cm³/mol. The van der Waals surface area contributed by atoms with Crippen LogP contribution in [0.2, 0.25) is 0 Å². The summed E-state index contributed by atoms with van der Waals surface area (Å²) in [7, 11) is 1.62. The van der Waals surface area contributed by atoms with Crippen molar-refractivity contribution < 1.29 is 4.74 Å². The molecule has 0 saturated carbocycles. The van der Waals surface area contributed by atoms with Crippen molar-refractivity contribution in [3.05, 3.63) is 75.7 Å². The molecule has 4 rings (SSSR count). The molecule has 6 nitrogen and oxygen atoms in total. The number of hydrogen-bond donors (Lipinski definition) is 1. The fourth-order valence-corrected chi connectivity index (χ4v) is 3.90. The fourth-order valence-electron chi connectivity index (χ4n) is 2.98. The van der Waals surface area contributed by atoms with Gasteiger partial charge in [0.25, 0.3) is 5.56 Å². The number of rotatable bonds is 5. The van der Waals surface area contributed by atoms with Gasteiger partial charge in [0.05, 0.1) is 19.0 Å². The summed E-state index contributed by atoms with van der Waals surface area (Å²) in [5.74, 6) is 1.49. The standard InChI is InChI=1S/C21H20N4O2S/c1-13-4-5-14(2)15(10-13)12-28-21-23-19-18(20(26)24-21)11-22-25(19)16-6-8-17(27-3)9-7-16/h4-11H,12H2,1-3H3,(H,23,24,26). The molecule has 0 atom stereocenters. The Morgan fingerprint density at radius 3 is 2.68 bits per heavy atom. The van der Waals surface area contributed by atoms with Gasteiger partial charge in [-0.05, 0) is 49.2 Å². The van der Waals surface area contributed by atoms with Gasteiger partial charge in [0.1, 0.15) is 11.1 Å². The van der Waals surface area contributed by atoms with Crippen LogP contribution in [0.15, 0.2) is 58.6 Å². The van der Waals surface area contributed by atoms with Gasteiger partial charge in [0.15, 0.2) is 10.8 Å². The molecule has 1 N–H and O–H groups in total. The second-order valence-electron chi connectivity index (χ2n) is 6.58. The highest BCUT2D eigenvalue weighted by Gasteiger charge is 2.12. The summed E-state index contributed by atoms with van der Waals surface area (Å²) in [4.78, 5) is 20.0. The van der Waals surface area contributed by atoms with Crippen molar-refractivity contribution in [2.75, 3.05) is 7.11 Å². The summed E-state index contributed by atoms with van der Waals surface area (Å²) in [5.41, 5.74) is 4.85. The van der Waals surface area contributed by atoms with Gasteiger partial charge in [0.2, 0.25) is 0 Å². The summed E-state index contributed by atoms with van der Waals surface area (Å²) >= 11 is 1.51. The van der Waals surface area contributed by atoms with E-state index in [0.717, 1.165) is 17.2 Å². The van der Waals surface area contributed by atoms with Gasteiger partial charge in [-0.2, -0.15) is 5.10 Å².